The molecule has 0 unspecified atom stereocenters. The van der Waals surface area contributed by atoms with E-state index in [1.165, 1.54) is 0 Å². The van der Waals surface area contributed by atoms with E-state index in [1.807, 2.05) is 11.9 Å². The van der Waals surface area contributed by atoms with E-state index in [1.54, 1.807) is 0 Å². The molecule has 0 amide bonds. The summed E-state index contributed by atoms with van der Waals surface area (Å²) in [4.78, 5) is 2.00. The van der Waals surface area contributed by atoms with Gasteiger partial charge in [-0.1, -0.05) is 20.1 Å². The van der Waals surface area contributed by atoms with E-state index < -0.39 is 0 Å². The Morgan fingerprint density at radius 1 is 1.55 bits per heavy atom. The summed E-state index contributed by atoms with van der Waals surface area (Å²) < 4.78 is 0. The van der Waals surface area contributed by atoms with Gasteiger partial charge < -0.3 is 16.0 Å². The van der Waals surface area contributed by atoms with Crippen molar-refractivity contribution in [2.75, 3.05) is 13.6 Å². The smallest absolute Gasteiger partial charge is 0.0991 e. The van der Waals surface area contributed by atoms with Crippen molar-refractivity contribution in [3.05, 3.63) is 24.8 Å². The molecular weight excluding hydrogens is 138 g/mol. The maximum atomic E-state index is 5.33. The lowest BCUT2D eigenvalue weighted by molar-refractivity contribution is 0.395. The van der Waals surface area contributed by atoms with Gasteiger partial charge in [0.25, 0.3) is 0 Å². The van der Waals surface area contributed by atoms with Crippen molar-refractivity contribution < 1.29 is 0 Å². The van der Waals surface area contributed by atoms with E-state index in [2.05, 4.69) is 25.4 Å². The third-order valence-electron chi connectivity index (χ3n) is 1.32. The van der Waals surface area contributed by atoms with Crippen LogP contribution in [0.15, 0.2) is 24.8 Å². The highest BCUT2D eigenvalue weighted by Gasteiger charge is 1.98. The molecule has 0 radical (unpaired) electrons. The van der Waals surface area contributed by atoms with Gasteiger partial charge in [0.1, 0.15) is 0 Å². The Balaban J connectivity index is 3.73. The van der Waals surface area contributed by atoms with Crippen LogP contribution < -0.4 is 11.1 Å². The van der Waals surface area contributed by atoms with Gasteiger partial charge in [-0.3, -0.25) is 0 Å². The molecular formula is C8H17N3. The topological polar surface area (TPSA) is 41.3 Å². The molecule has 0 bridgehead atoms. The molecule has 0 aliphatic rings. The van der Waals surface area contributed by atoms with Crippen molar-refractivity contribution in [1.82, 2.24) is 10.2 Å². The summed E-state index contributed by atoms with van der Waals surface area (Å²) in [5.41, 5.74) is 5.33. The van der Waals surface area contributed by atoms with Crippen LogP contribution in [0, 0.1) is 0 Å². The molecule has 0 aromatic rings. The highest BCUT2D eigenvalue weighted by Crippen LogP contribution is 1.95. The molecule has 0 aliphatic carbocycles. The molecule has 64 valence electrons. The summed E-state index contributed by atoms with van der Waals surface area (Å²) in [6.45, 7) is 10.4. The summed E-state index contributed by atoms with van der Waals surface area (Å²) in [5.74, 6) is 1.22. The molecule has 0 heterocycles. The minimum atomic E-state index is 0.429. The van der Waals surface area contributed by atoms with Crippen molar-refractivity contribution in [3.8, 4) is 0 Å². The van der Waals surface area contributed by atoms with Gasteiger partial charge in [-0.2, -0.15) is 0 Å². The van der Waals surface area contributed by atoms with E-state index in [4.69, 9.17) is 5.73 Å². The highest BCUT2D eigenvalue weighted by atomic mass is 15.2. The first-order valence-electron chi connectivity index (χ1n) is 3.69. The van der Waals surface area contributed by atoms with Crippen LogP contribution in [0.25, 0.3) is 0 Å². The molecule has 0 aliphatic heterocycles. The summed E-state index contributed by atoms with van der Waals surface area (Å²) in [7, 11) is 1.96. The molecule has 0 fully saturated rings. The van der Waals surface area contributed by atoms with E-state index in [-0.39, 0.29) is 0 Å². The lowest BCUT2D eigenvalue weighted by Crippen LogP contribution is -2.30. The normalized spacial score (nSPS) is 8.91. The van der Waals surface area contributed by atoms with Gasteiger partial charge in [0, 0.05) is 13.6 Å². The predicted octanol–water partition coefficient (Wildman–Crippen LogP) is 0.819. The third kappa shape index (κ3) is 4.31. The maximum Gasteiger partial charge on any atom is 0.0991 e. The highest BCUT2D eigenvalue weighted by molar-refractivity contribution is 4.99. The lowest BCUT2D eigenvalue weighted by Gasteiger charge is -2.21. The van der Waals surface area contributed by atoms with Gasteiger partial charge in [-0.25, -0.2) is 0 Å². The van der Waals surface area contributed by atoms with E-state index >= 15 is 0 Å². The molecule has 0 aromatic carbocycles. The number of nitrogens with two attached hydrogens (primary N) is 1. The first-order chi connectivity index (χ1) is 5.07. The molecule has 3 heteroatoms. The summed E-state index contributed by atoms with van der Waals surface area (Å²) in [6.07, 6.45) is 1.09. The fourth-order valence-corrected chi connectivity index (χ4v) is 0.751. The number of hydrogen-bond donors (Lipinski definition) is 2. The zero-order valence-electron chi connectivity index (χ0n) is 7.35. The van der Waals surface area contributed by atoms with E-state index in [9.17, 15) is 0 Å². The largest absolute Gasteiger partial charge is 0.386 e. The van der Waals surface area contributed by atoms with Crippen LogP contribution in [0.1, 0.15) is 13.3 Å². The van der Waals surface area contributed by atoms with Crippen LogP contribution in [-0.2, 0) is 0 Å². The minimum absolute atomic E-state index is 0.429. The van der Waals surface area contributed by atoms with Gasteiger partial charge in [0.2, 0.25) is 0 Å². The van der Waals surface area contributed by atoms with Gasteiger partial charge >= 0.3 is 0 Å². The van der Waals surface area contributed by atoms with Gasteiger partial charge in [0.05, 0.1) is 11.6 Å². The zero-order chi connectivity index (χ0) is 8.85. The molecule has 0 aromatic heterocycles. The second-order valence-corrected chi connectivity index (χ2v) is 2.52. The van der Waals surface area contributed by atoms with Crippen molar-refractivity contribution >= 4 is 0 Å². The SMILES string of the molecule is C=C(N)NC(=C)N(C)CCC. The Morgan fingerprint density at radius 2 is 2.09 bits per heavy atom. The maximum absolute atomic E-state index is 5.33. The predicted molar refractivity (Wildman–Crippen MR) is 48.5 cm³/mol. The van der Waals surface area contributed by atoms with Crippen LogP contribution in [0.2, 0.25) is 0 Å². The second-order valence-electron chi connectivity index (χ2n) is 2.52. The Kier molecular flexibility index (Phi) is 4.18. The molecule has 11 heavy (non-hydrogen) atoms. The van der Waals surface area contributed by atoms with Crippen LogP contribution in [0.4, 0.5) is 0 Å². The van der Waals surface area contributed by atoms with Crippen molar-refractivity contribution in [2.24, 2.45) is 5.73 Å². The number of nitrogens with one attached hydrogen (secondary N) is 1. The molecule has 0 rings (SSSR count). The number of hydrogen-bond acceptors (Lipinski definition) is 3. The van der Waals surface area contributed by atoms with E-state index in [0.717, 1.165) is 18.8 Å². The Hall–Kier alpha value is -1.12. The van der Waals surface area contributed by atoms with Crippen LogP contribution in [-0.4, -0.2) is 18.5 Å². The zero-order valence-corrected chi connectivity index (χ0v) is 7.35. The molecule has 0 atom stereocenters. The number of nitrogens with zero attached hydrogens (tertiary/aromatic N) is 1. The summed E-state index contributed by atoms with van der Waals surface area (Å²) in [6, 6.07) is 0. The van der Waals surface area contributed by atoms with Crippen LogP contribution in [0.3, 0.4) is 0 Å². The van der Waals surface area contributed by atoms with Crippen molar-refractivity contribution in [2.45, 2.75) is 13.3 Å². The summed E-state index contributed by atoms with van der Waals surface area (Å²) in [5, 5.41) is 2.84. The summed E-state index contributed by atoms with van der Waals surface area (Å²) >= 11 is 0. The standard InChI is InChI=1S/C8H17N3/c1-5-6-11(4)8(3)10-7(2)9/h10H,2-3,5-6,9H2,1,4H3. The Bertz CT molecular complexity index is 151. The fourth-order valence-electron chi connectivity index (χ4n) is 0.751. The average Bonchev–Trinajstić information content (AvgIpc) is 1.86. The van der Waals surface area contributed by atoms with E-state index in [0.29, 0.717) is 5.82 Å². The first-order valence-corrected chi connectivity index (χ1v) is 3.69. The third-order valence-corrected chi connectivity index (χ3v) is 1.32. The number of rotatable bonds is 5. The molecule has 0 saturated carbocycles. The van der Waals surface area contributed by atoms with Gasteiger partial charge in [0.15, 0.2) is 0 Å². The van der Waals surface area contributed by atoms with Crippen LogP contribution in [0.5, 0.6) is 0 Å². The Morgan fingerprint density at radius 3 is 2.45 bits per heavy atom. The Labute approximate surface area is 68.6 Å². The molecule has 0 saturated heterocycles. The second kappa shape index (κ2) is 4.66. The van der Waals surface area contributed by atoms with Crippen LogP contribution >= 0.6 is 0 Å². The average molecular weight is 155 g/mol. The quantitative estimate of drug-likeness (QED) is 0.617. The van der Waals surface area contributed by atoms with Gasteiger partial charge in [-0.15, -0.1) is 0 Å². The fraction of sp³-hybridized carbons (Fsp3) is 0.500. The monoisotopic (exact) mass is 155 g/mol. The van der Waals surface area contributed by atoms with Crippen molar-refractivity contribution in [3.63, 3.8) is 0 Å². The lowest BCUT2D eigenvalue weighted by atomic mass is 10.4. The molecule has 3 N–H and O–H groups in total. The molecule has 0 spiro atoms. The van der Waals surface area contributed by atoms with Gasteiger partial charge in [-0.05, 0) is 6.42 Å². The molecule has 3 nitrogen and oxygen atoms in total. The minimum Gasteiger partial charge on any atom is -0.386 e. The first kappa shape index (κ1) is 9.88. The van der Waals surface area contributed by atoms with Crippen molar-refractivity contribution in [1.29, 1.82) is 0 Å².